The lowest BCUT2D eigenvalue weighted by Crippen LogP contribution is -2.21. The zero-order valence-corrected chi connectivity index (χ0v) is 17.4. The van der Waals surface area contributed by atoms with Crippen molar-refractivity contribution in [3.05, 3.63) is 84.6 Å². The van der Waals surface area contributed by atoms with E-state index in [1.165, 1.54) is 23.4 Å². The van der Waals surface area contributed by atoms with E-state index in [9.17, 15) is 22.8 Å². The van der Waals surface area contributed by atoms with Crippen molar-refractivity contribution in [1.29, 1.82) is 0 Å². The predicted octanol–water partition coefficient (Wildman–Crippen LogP) is 4.03. The zero-order valence-electron chi connectivity index (χ0n) is 17.4. The van der Waals surface area contributed by atoms with E-state index in [1.807, 2.05) is 30.3 Å². The highest BCUT2D eigenvalue weighted by atomic mass is 19.4. The van der Waals surface area contributed by atoms with E-state index in [2.05, 4.69) is 20.4 Å². The number of para-hydroxylation sites is 1. The normalized spacial score (nSPS) is 11.6. The number of carbonyl (C=O) groups is 2. The number of ether oxygens (including phenoxy) is 1. The summed E-state index contributed by atoms with van der Waals surface area (Å²) in [6.45, 7) is -0.707. The van der Waals surface area contributed by atoms with Crippen molar-refractivity contribution in [3.8, 4) is 5.69 Å². The topological polar surface area (TPSA) is 99.0 Å². The smallest absolute Gasteiger partial charge is 0.416 e. The van der Waals surface area contributed by atoms with E-state index >= 15 is 0 Å². The molecule has 172 valence electrons. The van der Waals surface area contributed by atoms with Gasteiger partial charge in [0.1, 0.15) is 12.7 Å². The molecule has 11 heteroatoms. The highest BCUT2D eigenvalue weighted by Gasteiger charge is 2.31. The van der Waals surface area contributed by atoms with Crippen LogP contribution in [0.25, 0.3) is 22.7 Å². The number of nitrogens with one attached hydrogen (secondary N) is 1. The van der Waals surface area contributed by atoms with Gasteiger partial charge in [-0.05, 0) is 36.4 Å². The molecule has 1 N–H and O–H groups in total. The second-order valence-corrected chi connectivity index (χ2v) is 6.99. The van der Waals surface area contributed by atoms with Crippen LogP contribution in [0.3, 0.4) is 0 Å². The molecule has 0 spiro atoms. The van der Waals surface area contributed by atoms with Crippen LogP contribution < -0.4 is 5.32 Å². The lowest BCUT2D eigenvalue weighted by Gasteiger charge is -2.14. The first-order valence-corrected chi connectivity index (χ1v) is 9.86. The van der Waals surface area contributed by atoms with E-state index in [1.54, 1.807) is 6.07 Å². The highest BCUT2D eigenvalue weighted by Crippen LogP contribution is 2.33. The van der Waals surface area contributed by atoms with Gasteiger partial charge in [0.15, 0.2) is 6.61 Å². The lowest BCUT2D eigenvalue weighted by atomic mass is 10.1. The predicted molar refractivity (Wildman–Crippen MR) is 117 cm³/mol. The van der Waals surface area contributed by atoms with E-state index in [-0.39, 0.29) is 11.4 Å². The molecule has 0 fully saturated rings. The summed E-state index contributed by atoms with van der Waals surface area (Å²) >= 11 is 0. The van der Waals surface area contributed by atoms with Crippen molar-refractivity contribution >= 4 is 34.5 Å². The summed E-state index contributed by atoms with van der Waals surface area (Å²) in [6, 6.07) is 13.8. The largest absolute Gasteiger partial charge is 0.452 e. The van der Waals surface area contributed by atoms with Gasteiger partial charge in [-0.25, -0.2) is 19.4 Å². The van der Waals surface area contributed by atoms with Crippen molar-refractivity contribution in [2.75, 3.05) is 11.9 Å². The summed E-state index contributed by atoms with van der Waals surface area (Å²) in [5.41, 5.74) is 0.294. The fourth-order valence-electron chi connectivity index (χ4n) is 3.04. The van der Waals surface area contributed by atoms with Crippen molar-refractivity contribution < 1.29 is 27.5 Å². The third kappa shape index (κ3) is 5.44. The summed E-state index contributed by atoms with van der Waals surface area (Å²) in [5.74, 6) is -1.64. The van der Waals surface area contributed by atoms with Crippen LogP contribution in [0.1, 0.15) is 11.3 Å². The minimum absolute atomic E-state index is 0.160. The molecule has 0 aliphatic rings. The second-order valence-electron chi connectivity index (χ2n) is 6.99. The maximum atomic E-state index is 13.1. The maximum absolute atomic E-state index is 13.1. The van der Waals surface area contributed by atoms with Gasteiger partial charge in [-0.15, -0.1) is 0 Å². The van der Waals surface area contributed by atoms with Gasteiger partial charge in [0.05, 0.1) is 28.1 Å². The van der Waals surface area contributed by atoms with Gasteiger partial charge < -0.3 is 10.1 Å². The van der Waals surface area contributed by atoms with Gasteiger partial charge in [-0.1, -0.05) is 24.3 Å². The Morgan fingerprint density at radius 1 is 1.09 bits per heavy atom. The first kappa shape index (κ1) is 22.6. The van der Waals surface area contributed by atoms with Gasteiger partial charge in [0, 0.05) is 11.5 Å². The molecule has 0 saturated heterocycles. The van der Waals surface area contributed by atoms with E-state index < -0.39 is 30.2 Å². The molecule has 8 nitrogen and oxygen atoms in total. The number of amides is 1. The summed E-state index contributed by atoms with van der Waals surface area (Å²) < 4.78 is 45.4. The van der Waals surface area contributed by atoms with Crippen LogP contribution in [0.5, 0.6) is 0 Å². The molecule has 34 heavy (non-hydrogen) atoms. The van der Waals surface area contributed by atoms with Gasteiger partial charge in [-0.3, -0.25) is 4.79 Å². The number of carbonyl (C=O) groups excluding carboxylic acids is 2. The van der Waals surface area contributed by atoms with Crippen molar-refractivity contribution in [2.45, 2.75) is 6.18 Å². The van der Waals surface area contributed by atoms with Crippen LogP contribution in [-0.2, 0) is 20.5 Å². The maximum Gasteiger partial charge on any atom is 0.416 e. The van der Waals surface area contributed by atoms with Crippen LogP contribution in [0.15, 0.2) is 73.3 Å². The summed E-state index contributed by atoms with van der Waals surface area (Å²) in [4.78, 5) is 32.4. The van der Waals surface area contributed by atoms with Crippen molar-refractivity contribution in [1.82, 2.24) is 19.7 Å². The summed E-state index contributed by atoms with van der Waals surface area (Å²) in [6.07, 6.45) is 0.387. The number of hydrogen-bond donors (Lipinski definition) is 1. The van der Waals surface area contributed by atoms with Gasteiger partial charge >= 0.3 is 12.1 Å². The molecule has 0 aliphatic carbocycles. The quantitative estimate of drug-likeness (QED) is 0.340. The average molecular weight is 467 g/mol. The molecule has 2 aromatic carbocycles. The van der Waals surface area contributed by atoms with Crippen molar-refractivity contribution in [2.24, 2.45) is 0 Å². The van der Waals surface area contributed by atoms with Crippen LogP contribution >= 0.6 is 0 Å². The Morgan fingerprint density at radius 2 is 1.91 bits per heavy atom. The fraction of sp³-hybridized carbons (Fsp3) is 0.0870. The minimum atomic E-state index is -4.62. The van der Waals surface area contributed by atoms with Gasteiger partial charge in [0.25, 0.3) is 5.91 Å². The molecular weight excluding hydrogens is 451 g/mol. The molecule has 0 saturated carbocycles. The number of alkyl halides is 3. The average Bonchev–Trinajstić information content (AvgIpc) is 3.35. The Hall–Kier alpha value is -4.54. The van der Waals surface area contributed by atoms with E-state index in [4.69, 9.17) is 4.74 Å². The number of pyridine rings is 1. The Bertz CT molecular complexity index is 1370. The Balaban J connectivity index is 1.41. The molecule has 2 aromatic heterocycles. The van der Waals surface area contributed by atoms with E-state index in [0.29, 0.717) is 5.69 Å². The number of anilines is 1. The van der Waals surface area contributed by atoms with Crippen LogP contribution in [0, 0.1) is 0 Å². The summed E-state index contributed by atoms with van der Waals surface area (Å²) in [5, 5.41) is 7.13. The van der Waals surface area contributed by atoms with Gasteiger partial charge in [-0.2, -0.15) is 18.3 Å². The first-order chi connectivity index (χ1) is 16.3. The highest BCUT2D eigenvalue weighted by molar-refractivity contribution is 5.96. The Labute approximate surface area is 190 Å². The number of hydrogen-bond acceptors (Lipinski definition) is 6. The third-order valence-electron chi connectivity index (χ3n) is 4.62. The lowest BCUT2D eigenvalue weighted by molar-refractivity contribution is -0.142. The SMILES string of the molecule is O=C(COC(=O)/C=C/c1ccc2ccccc2n1)Nc1cc(C(F)(F)F)ccc1-n1cncn1. The first-order valence-electron chi connectivity index (χ1n) is 9.86. The standard InChI is InChI=1S/C23H16F3N5O3/c24-23(25,26)16-6-9-20(31-14-27-13-28-31)19(11-16)30-21(32)12-34-22(33)10-8-17-7-5-15-3-1-2-4-18(15)29-17/h1-11,13-14H,12H2,(H,30,32)/b10-8+. The molecule has 0 atom stereocenters. The number of halogens is 3. The fourth-order valence-corrected chi connectivity index (χ4v) is 3.04. The molecular formula is C23H16F3N5O3. The number of aromatic nitrogens is 4. The summed E-state index contributed by atoms with van der Waals surface area (Å²) in [7, 11) is 0. The zero-order chi connectivity index (χ0) is 24.1. The molecule has 4 rings (SSSR count). The minimum Gasteiger partial charge on any atom is -0.452 e. The Morgan fingerprint density at radius 3 is 2.68 bits per heavy atom. The number of fused-ring (bicyclic) bond motifs is 1. The van der Waals surface area contributed by atoms with Crippen LogP contribution in [0.2, 0.25) is 0 Å². The monoisotopic (exact) mass is 467 g/mol. The molecule has 0 aliphatic heterocycles. The third-order valence-corrected chi connectivity index (χ3v) is 4.62. The number of benzene rings is 2. The van der Waals surface area contributed by atoms with Gasteiger partial charge in [0.2, 0.25) is 0 Å². The van der Waals surface area contributed by atoms with Crippen molar-refractivity contribution in [3.63, 3.8) is 0 Å². The molecule has 0 bridgehead atoms. The molecule has 2 heterocycles. The number of esters is 1. The number of rotatable bonds is 6. The molecule has 4 aromatic rings. The second kappa shape index (κ2) is 9.53. The molecule has 0 unspecified atom stereocenters. The molecule has 0 radical (unpaired) electrons. The Kier molecular flexibility index (Phi) is 6.35. The van der Waals surface area contributed by atoms with Crippen LogP contribution in [-0.4, -0.2) is 38.2 Å². The number of nitrogens with zero attached hydrogens (tertiary/aromatic N) is 4. The van der Waals surface area contributed by atoms with E-state index in [0.717, 1.165) is 35.2 Å². The van der Waals surface area contributed by atoms with Crippen LogP contribution in [0.4, 0.5) is 18.9 Å². The molecule has 1 amide bonds.